The van der Waals surface area contributed by atoms with Gasteiger partial charge in [-0.1, -0.05) is 24.3 Å². The molecular formula is C28H27N3O5. The molecule has 0 spiro atoms. The highest BCUT2D eigenvalue weighted by atomic mass is 16.5. The Balaban J connectivity index is 1.28. The van der Waals surface area contributed by atoms with Crippen LogP contribution in [-0.4, -0.2) is 62.6 Å². The Bertz CT molecular complexity index is 1230. The molecule has 2 heterocycles. The van der Waals surface area contributed by atoms with E-state index in [1.807, 2.05) is 24.3 Å². The van der Waals surface area contributed by atoms with Gasteiger partial charge in [0.1, 0.15) is 5.75 Å². The Labute approximate surface area is 209 Å². The van der Waals surface area contributed by atoms with Gasteiger partial charge in [-0.3, -0.25) is 19.3 Å². The van der Waals surface area contributed by atoms with Gasteiger partial charge in [0, 0.05) is 25.2 Å². The molecule has 3 aromatic rings. The number of imide groups is 1. The first-order chi connectivity index (χ1) is 17.6. The lowest BCUT2D eigenvalue weighted by molar-refractivity contribution is 0.0162. The Morgan fingerprint density at radius 3 is 2.11 bits per heavy atom. The summed E-state index contributed by atoms with van der Waals surface area (Å²) in [7, 11) is 1.63. The van der Waals surface area contributed by atoms with E-state index in [1.54, 1.807) is 55.6 Å². The topological polar surface area (TPSA) is 88.2 Å². The predicted molar refractivity (Wildman–Crippen MR) is 134 cm³/mol. The third kappa shape index (κ3) is 4.60. The standard InChI is InChI=1S/C28H27N3O5/c1-35-22-12-8-19(9-13-22)25(30-14-16-36-17-15-30)18-29-26(32)20-6-10-21(11-7-20)31-27(33)23-4-2-3-5-24(23)28(31)34/h2-13,25H,14-18H2,1H3,(H,29,32)/t25-/m1/s1. The molecule has 0 aromatic heterocycles. The van der Waals surface area contributed by atoms with Gasteiger partial charge in [0.25, 0.3) is 17.7 Å². The van der Waals surface area contributed by atoms with Crippen LogP contribution in [0.4, 0.5) is 5.69 Å². The van der Waals surface area contributed by atoms with Crippen molar-refractivity contribution in [3.8, 4) is 5.75 Å². The third-order valence-corrected chi connectivity index (χ3v) is 6.62. The zero-order chi connectivity index (χ0) is 25.1. The molecule has 2 aliphatic heterocycles. The third-order valence-electron chi connectivity index (χ3n) is 6.62. The normalized spacial score (nSPS) is 16.5. The number of hydrogen-bond acceptors (Lipinski definition) is 6. The van der Waals surface area contributed by atoms with E-state index < -0.39 is 0 Å². The van der Waals surface area contributed by atoms with Crippen LogP contribution in [0.3, 0.4) is 0 Å². The highest BCUT2D eigenvalue weighted by Crippen LogP contribution is 2.28. The van der Waals surface area contributed by atoms with E-state index in [0.29, 0.717) is 42.1 Å². The van der Waals surface area contributed by atoms with Gasteiger partial charge in [0.15, 0.2) is 0 Å². The largest absolute Gasteiger partial charge is 0.497 e. The Morgan fingerprint density at radius 2 is 1.53 bits per heavy atom. The van der Waals surface area contributed by atoms with Crippen molar-refractivity contribution in [1.29, 1.82) is 0 Å². The van der Waals surface area contributed by atoms with Crippen molar-refractivity contribution in [2.75, 3.05) is 44.9 Å². The lowest BCUT2D eigenvalue weighted by Crippen LogP contribution is -2.43. The number of amides is 3. The monoisotopic (exact) mass is 485 g/mol. The summed E-state index contributed by atoms with van der Waals surface area (Å²) in [6.07, 6.45) is 0. The number of ether oxygens (including phenoxy) is 2. The summed E-state index contributed by atoms with van der Waals surface area (Å²) in [6, 6.07) is 21.1. The summed E-state index contributed by atoms with van der Waals surface area (Å²) in [5.74, 6) is -0.168. The fourth-order valence-electron chi connectivity index (χ4n) is 4.65. The Kier molecular flexibility index (Phi) is 6.79. The van der Waals surface area contributed by atoms with Gasteiger partial charge in [-0.05, 0) is 54.1 Å². The van der Waals surface area contributed by atoms with Gasteiger partial charge in [0.2, 0.25) is 0 Å². The van der Waals surface area contributed by atoms with Crippen LogP contribution < -0.4 is 15.0 Å². The summed E-state index contributed by atoms with van der Waals surface area (Å²) in [4.78, 5) is 41.9. The number of rotatable bonds is 7. The molecule has 0 unspecified atom stereocenters. The molecule has 184 valence electrons. The van der Waals surface area contributed by atoms with Gasteiger partial charge in [0.05, 0.1) is 43.2 Å². The fraction of sp³-hybridized carbons (Fsp3) is 0.250. The molecule has 0 saturated carbocycles. The molecule has 1 atom stereocenters. The average Bonchev–Trinajstić information content (AvgIpc) is 3.19. The molecule has 5 rings (SSSR count). The minimum atomic E-state index is -0.361. The average molecular weight is 486 g/mol. The highest BCUT2D eigenvalue weighted by Gasteiger charge is 2.36. The summed E-state index contributed by atoms with van der Waals surface area (Å²) in [5.41, 5.74) is 2.74. The number of methoxy groups -OCH3 is 1. The van der Waals surface area contributed by atoms with E-state index in [-0.39, 0.29) is 23.8 Å². The first-order valence-corrected chi connectivity index (χ1v) is 11.9. The lowest BCUT2D eigenvalue weighted by atomic mass is 10.0. The summed E-state index contributed by atoms with van der Waals surface area (Å²) in [6.45, 7) is 3.29. The summed E-state index contributed by atoms with van der Waals surface area (Å²) < 4.78 is 10.8. The minimum absolute atomic E-state index is 0.0126. The summed E-state index contributed by atoms with van der Waals surface area (Å²) >= 11 is 0. The molecule has 3 amide bonds. The van der Waals surface area contributed by atoms with Crippen molar-refractivity contribution in [2.24, 2.45) is 0 Å². The van der Waals surface area contributed by atoms with E-state index in [4.69, 9.17) is 9.47 Å². The van der Waals surface area contributed by atoms with Crippen molar-refractivity contribution in [1.82, 2.24) is 10.2 Å². The second-order valence-corrected chi connectivity index (χ2v) is 8.69. The SMILES string of the molecule is COc1ccc([C@@H](CNC(=O)c2ccc(N3C(=O)c4ccccc4C3=O)cc2)N2CCOCC2)cc1. The molecule has 0 aliphatic carbocycles. The molecule has 36 heavy (non-hydrogen) atoms. The lowest BCUT2D eigenvalue weighted by Gasteiger charge is -2.35. The van der Waals surface area contributed by atoms with Crippen LogP contribution in [0.15, 0.2) is 72.8 Å². The van der Waals surface area contributed by atoms with Crippen molar-refractivity contribution in [3.63, 3.8) is 0 Å². The molecule has 1 saturated heterocycles. The van der Waals surface area contributed by atoms with E-state index in [0.717, 1.165) is 29.3 Å². The number of hydrogen-bond donors (Lipinski definition) is 1. The molecule has 0 bridgehead atoms. The zero-order valence-corrected chi connectivity index (χ0v) is 20.0. The number of benzene rings is 3. The van der Waals surface area contributed by atoms with Gasteiger partial charge < -0.3 is 14.8 Å². The second-order valence-electron chi connectivity index (χ2n) is 8.69. The van der Waals surface area contributed by atoms with Crippen LogP contribution in [0.1, 0.15) is 42.7 Å². The van der Waals surface area contributed by atoms with E-state index in [9.17, 15) is 14.4 Å². The molecule has 8 nitrogen and oxygen atoms in total. The Hall–Kier alpha value is -4.01. The van der Waals surface area contributed by atoms with Crippen molar-refractivity contribution >= 4 is 23.4 Å². The number of nitrogens with zero attached hydrogens (tertiary/aromatic N) is 2. The molecule has 3 aromatic carbocycles. The molecular weight excluding hydrogens is 458 g/mol. The molecule has 0 radical (unpaired) electrons. The number of nitrogens with one attached hydrogen (secondary N) is 1. The molecule has 1 fully saturated rings. The van der Waals surface area contributed by atoms with Crippen LogP contribution in [0.25, 0.3) is 0 Å². The number of carbonyl (C=O) groups is 3. The van der Waals surface area contributed by atoms with Gasteiger partial charge in [-0.25, -0.2) is 4.90 Å². The van der Waals surface area contributed by atoms with Crippen LogP contribution in [0.5, 0.6) is 5.75 Å². The maximum absolute atomic E-state index is 13.0. The van der Waals surface area contributed by atoms with Gasteiger partial charge >= 0.3 is 0 Å². The number of carbonyl (C=O) groups excluding carboxylic acids is 3. The van der Waals surface area contributed by atoms with Crippen molar-refractivity contribution in [2.45, 2.75) is 6.04 Å². The van der Waals surface area contributed by atoms with E-state index in [2.05, 4.69) is 10.2 Å². The second kappa shape index (κ2) is 10.3. The maximum atomic E-state index is 13.0. The van der Waals surface area contributed by atoms with Crippen molar-refractivity contribution in [3.05, 3.63) is 95.1 Å². The maximum Gasteiger partial charge on any atom is 0.266 e. The molecule has 1 N–H and O–H groups in total. The first kappa shape index (κ1) is 23.7. The van der Waals surface area contributed by atoms with E-state index >= 15 is 0 Å². The minimum Gasteiger partial charge on any atom is -0.497 e. The van der Waals surface area contributed by atoms with Gasteiger partial charge in [-0.15, -0.1) is 0 Å². The molecule has 8 heteroatoms. The van der Waals surface area contributed by atoms with Crippen LogP contribution in [-0.2, 0) is 4.74 Å². The number of morpholine rings is 1. The fourth-order valence-corrected chi connectivity index (χ4v) is 4.65. The van der Waals surface area contributed by atoms with Crippen molar-refractivity contribution < 1.29 is 23.9 Å². The van der Waals surface area contributed by atoms with E-state index in [1.165, 1.54) is 0 Å². The highest BCUT2D eigenvalue weighted by molar-refractivity contribution is 6.34. The molecule has 2 aliphatic rings. The Morgan fingerprint density at radius 1 is 0.917 bits per heavy atom. The summed E-state index contributed by atoms with van der Waals surface area (Å²) in [5, 5.41) is 3.04. The zero-order valence-electron chi connectivity index (χ0n) is 20.0. The number of fused-ring (bicyclic) bond motifs is 1. The smallest absolute Gasteiger partial charge is 0.266 e. The first-order valence-electron chi connectivity index (χ1n) is 11.9. The predicted octanol–water partition coefficient (Wildman–Crippen LogP) is 3.30. The van der Waals surface area contributed by atoms with Crippen LogP contribution in [0, 0.1) is 0 Å². The quantitative estimate of drug-likeness (QED) is 0.517. The van der Waals surface area contributed by atoms with Gasteiger partial charge in [-0.2, -0.15) is 0 Å². The van der Waals surface area contributed by atoms with Crippen LogP contribution >= 0.6 is 0 Å². The van der Waals surface area contributed by atoms with Crippen LogP contribution in [0.2, 0.25) is 0 Å². The number of anilines is 1.